The predicted octanol–water partition coefficient (Wildman–Crippen LogP) is 3.42. The number of anilines is 2. The lowest BCUT2D eigenvalue weighted by atomic mass is 9.99. The van der Waals surface area contributed by atoms with Gasteiger partial charge in [0.2, 0.25) is 5.91 Å². The molecule has 1 aromatic heterocycles. The first kappa shape index (κ1) is 17.7. The van der Waals surface area contributed by atoms with Crippen molar-refractivity contribution in [2.45, 2.75) is 19.8 Å². The van der Waals surface area contributed by atoms with Crippen LogP contribution >= 0.6 is 0 Å². The molecule has 6 nitrogen and oxygen atoms in total. The summed E-state index contributed by atoms with van der Waals surface area (Å²) >= 11 is 0. The number of carbonyl (C=O) groups excluding carboxylic acids is 1. The van der Waals surface area contributed by atoms with Crippen LogP contribution in [0.25, 0.3) is 5.57 Å². The Labute approximate surface area is 152 Å². The van der Waals surface area contributed by atoms with Crippen LogP contribution in [0.3, 0.4) is 0 Å². The fraction of sp³-hybridized carbons (Fsp3) is 0.250. The topological polar surface area (TPSA) is 82.5 Å². The minimum Gasteiger partial charge on any atom is -0.478 e. The lowest BCUT2D eigenvalue weighted by Gasteiger charge is -2.28. The Kier molecular flexibility index (Phi) is 5.31. The van der Waals surface area contributed by atoms with E-state index >= 15 is 0 Å². The minimum absolute atomic E-state index is 0.0930. The molecule has 0 saturated heterocycles. The fourth-order valence-corrected chi connectivity index (χ4v) is 2.96. The molecule has 0 aliphatic carbocycles. The summed E-state index contributed by atoms with van der Waals surface area (Å²) in [6.07, 6.45) is 4.76. The quantitative estimate of drug-likeness (QED) is 0.862. The number of carboxylic acids is 1. The number of nitrogens with zero attached hydrogens (tertiary/aromatic N) is 2. The van der Waals surface area contributed by atoms with Crippen LogP contribution < -0.4 is 10.2 Å². The number of aromatic nitrogens is 1. The Morgan fingerprint density at radius 3 is 2.65 bits per heavy atom. The Hall–Kier alpha value is -3.15. The molecule has 1 aromatic carbocycles. The van der Waals surface area contributed by atoms with Crippen molar-refractivity contribution in [1.82, 2.24) is 4.98 Å². The van der Waals surface area contributed by atoms with Gasteiger partial charge in [0.25, 0.3) is 0 Å². The van der Waals surface area contributed by atoms with Crippen molar-refractivity contribution in [3.8, 4) is 0 Å². The maximum absolute atomic E-state index is 11.7. The molecular weight excluding hydrogens is 330 g/mol. The molecule has 134 valence electrons. The van der Waals surface area contributed by atoms with Crippen molar-refractivity contribution in [2.75, 3.05) is 23.3 Å². The zero-order valence-corrected chi connectivity index (χ0v) is 14.6. The van der Waals surface area contributed by atoms with Gasteiger partial charge in [-0.15, -0.1) is 0 Å². The smallest absolute Gasteiger partial charge is 0.339 e. The van der Waals surface area contributed by atoms with E-state index in [1.807, 2.05) is 23.1 Å². The largest absolute Gasteiger partial charge is 0.478 e. The van der Waals surface area contributed by atoms with Crippen LogP contribution in [-0.2, 0) is 4.79 Å². The summed E-state index contributed by atoms with van der Waals surface area (Å²) in [5.41, 5.74) is 2.94. The summed E-state index contributed by atoms with van der Waals surface area (Å²) in [6, 6.07) is 11.6. The van der Waals surface area contributed by atoms with Crippen molar-refractivity contribution in [3.05, 3.63) is 59.8 Å². The predicted molar refractivity (Wildman–Crippen MR) is 101 cm³/mol. The van der Waals surface area contributed by atoms with Crippen LogP contribution in [0.2, 0.25) is 0 Å². The lowest BCUT2D eigenvalue weighted by molar-refractivity contribution is -0.115. The zero-order valence-electron chi connectivity index (χ0n) is 14.6. The van der Waals surface area contributed by atoms with Crippen LogP contribution in [0, 0.1) is 0 Å². The van der Waals surface area contributed by atoms with Gasteiger partial charge < -0.3 is 15.3 Å². The van der Waals surface area contributed by atoms with Crippen LogP contribution in [0.1, 0.15) is 35.7 Å². The number of nitrogens with one attached hydrogen (secondary N) is 1. The van der Waals surface area contributed by atoms with Crippen LogP contribution in [0.5, 0.6) is 0 Å². The van der Waals surface area contributed by atoms with Crippen molar-refractivity contribution < 1.29 is 14.7 Å². The molecule has 6 heteroatoms. The van der Waals surface area contributed by atoms with Crippen LogP contribution in [0.4, 0.5) is 11.5 Å². The number of pyridine rings is 1. The van der Waals surface area contributed by atoms with Crippen LogP contribution in [0.15, 0.2) is 48.7 Å². The van der Waals surface area contributed by atoms with E-state index in [0.717, 1.165) is 6.42 Å². The maximum atomic E-state index is 11.7. The van der Waals surface area contributed by atoms with E-state index in [0.29, 0.717) is 31.0 Å². The van der Waals surface area contributed by atoms with Gasteiger partial charge in [0.05, 0.1) is 11.9 Å². The van der Waals surface area contributed by atoms with Crippen molar-refractivity contribution in [1.29, 1.82) is 0 Å². The molecule has 0 bridgehead atoms. The second-order valence-corrected chi connectivity index (χ2v) is 6.09. The molecule has 2 aromatic rings. The third-order valence-electron chi connectivity index (χ3n) is 4.36. The van der Waals surface area contributed by atoms with Gasteiger partial charge in [0.1, 0.15) is 11.4 Å². The maximum Gasteiger partial charge on any atom is 0.339 e. The third kappa shape index (κ3) is 3.91. The van der Waals surface area contributed by atoms with Gasteiger partial charge in [-0.25, -0.2) is 9.78 Å². The first-order valence-electron chi connectivity index (χ1n) is 8.61. The highest BCUT2D eigenvalue weighted by molar-refractivity contribution is 5.97. The van der Waals surface area contributed by atoms with Gasteiger partial charge in [-0.3, -0.25) is 4.79 Å². The number of aromatic carboxylic acids is 1. The number of amides is 1. The monoisotopic (exact) mass is 351 g/mol. The molecule has 1 amide bonds. The summed E-state index contributed by atoms with van der Waals surface area (Å²) in [6.45, 7) is 3.02. The Morgan fingerprint density at radius 1 is 1.27 bits per heavy atom. The molecule has 0 fully saturated rings. The number of rotatable bonds is 5. The summed E-state index contributed by atoms with van der Waals surface area (Å²) < 4.78 is 0. The SMILES string of the molecule is CCC(=O)Nc1cnc(N2CC=C(c3ccccc3)CC2)c(C(=O)O)c1. The molecule has 0 unspecified atom stereocenters. The highest BCUT2D eigenvalue weighted by atomic mass is 16.4. The highest BCUT2D eigenvalue weighted by Crippen LogP contribution is 2.27. The molecular formula is C20H21N3O3. The molecule has 0 atom stereocenters. The molecule has 3 rings (SSSR count). The summed E-state index contributed by atoms with van der Waals surface area (Å²) in [4.78, 5) is 29.4. The number of hydrogen-bond donors (Lipinski definition) is 2. The number of hydrogen-bond acceptors (Lipinski definition) is 4. The fourth-order valence-electron chi connectivity index (χ4n) is 2.96. The van der Waals surface area contributed by atoms with Crippen LogP contribution in [-0.4, -0.2) is 35.1 Å². The summed E-state index contributed by atoms with van der Waals surface area (Å²) in [5.74, 6) is -0.808. The summed E-state index contributed by atoms with van der Waals surface area (Å²) in [5, 5.41) is 12.2. The Bertz CT molecular complexity index is 847. The Balaban J connectivity index is 1.82. The molecule has 0 saturated carbocycles. The first-order valence-corrected chi connectivity index (χ1v) is 8.61. The van der Waals surface area contributed by atoms with Gasteiger partial charge in [-0.1, -0.05) is 43.3 Å². The molecule has 0 radical (unpaired) electrons. The number of carboxylic acid groups (broad SMARTS) is 1. The Morgan fingerprint density at radius 2 is 2.04 bits per heavy atom. The standard InChI is InChI=1S/C20H21N3O3/c1-2-18(24)22-16-12-17(20(25)26)19(21-13-16)23-10-8-15(9-11-23)14-6-4-3-5-7-14/h3-8,12-13H,2,9-11H2,1H3,(H,22,24)(H,25,26). The highest BCUT2D eigenvalue weighted by Gasteiger charge is 2.21. The molecule has 26 heavy (non-hydrogen) atoms. The molecule has 2 N–H and O–H groups in total. The van der Waals surface area contributed by atoms with Gasteiger partial charge in [0.15, 0.2) is 0 Å². The van der Waals surface area contributed by atoms with E-state index in [-0.39, 0.29) is 11.5 Å². The first-order chi connectivity index (χ1) is 12.6. The molecule has 1 aliphatic heterocycles. The average molecular weight is 351 g/mol. The van der Waals surface area contributed by atoms with E-state index in [1.165, 1.54) is 23.4 Å². The molecule has 1 aliphatic rings. The van der Waals surface area contributed by atoms with E-state index < -0.39 is 5.97 Å². The lowest BCUT2D eigenvalue weighted by Crippen LogP contribution is -2.30. The van der Waals surface area contributed by atoms with Gasteiger partial charge >= 0.3 is 5.97 Å². The molecule has 0 spiro atoms. The third-order valence-corrected chi connectivity index (χ3v) is 4.36. The van der Waals surface area contributed by atoms with E-state index in [9.17, 15) is 14.7 Å². The van der Waals surface area contributed by atoms with E-state index in [4.69, 9.17) is 0 Å². The van der Waals surface area contributed by atoms with Gasteiger partial charge in [-0.2, -0.15) is 0 Å². The second kappa shape index (κ2) is 7.82. The minimum atomic E-state index is -1.06. The normalized spacial score (nSPS) is 13.9. The van der Waals surface area contributed by atoms with Crippen molar-refractivity contribution >= 4 is 29.0 Å². The summed E-state index contributed by atoms with van der Waals surface area (Å²) in [7, 11) is 0. The van der Waals surface area contributed by atoms with Crippen molar-refractivity contribution in [3.63, 3.8) is 0 Å². The second-order valence-electron chi connectivity index (χ2n) is 6.09. The number of benzene rings is 1. The zero-order chi connectivity index (χ0) is 18.5. The van der Waals surface area contributed by atoms with Gasteiger partial charge in [0, 0.05) is 19.5 Å². The van der Waals surface area contributed by atoms with Crippen molar-refractivity contribution in [2.24, 2.45) is 0 Å². The average Bonchev–Trinajstić information content (AvgIpc) is 2.68. The van der Waals surface area contributed by atoms with E-state index in [1.54, 1.807) is 6.92 Å². The van der Waals surface area contributed by atoms with Gasteiger partial charge in [-0.05, 0) is 23.6 Å². The molecule has 2 heterocycles. The van der Waals surface area contributed by atoms with E-state index in [2.05, 4.69) is 28.5 Å². The number of carbonyl (C=O) groups is 2.